The highest BCUT2D eigenvalue weighted by Gasteiger charge is 2.16. The number of aromatic amines is 1. The molecule has 4 heterocycles. The van der Waals surface area contributed by atoms with Gasteiger partial charge >= 0.3 is 0 Å². The van der Waals surface area contributed by atoms with E-state index in [1.165, 1.54) is 5.57 Å². The minimum atomic E-state index is -3.35. The van der Waals surface area contributed by atoms with Crippen LogP contribution in [0.3, 0.4) is 0 Å². The second kappa shape index (κ2) is 7.44. The van der Waals surface area contributed by atoms with Crippen LogP contribution in [0.1, 0.15) is 12.0 Å². The minimum absolute atomic E-state index is 0.120. The van der Waals surface area contributed by atoms with Crippen molar-refractivity contribution < 1.29 is 8.42 Å². The molecule has 0 aromatic carbocycles. The zero-order valence-corrected chi connectivity index (χ0v) is 16.0. The number of nitriles is 1. The standard InChI is InChI=1S/C20H19N5O2S/c21-6-12-28(26,27)11-2-10-25-9-1-3-15(14-25)16-4-7-22-18-13-24-20-17(19(16)18)5-8-23-20/h2-5,7-8,10,13,22H,1,9,11-12,14H2. The van der Waals surface area contributed by atoms with Crippen LogP contribution >= 0.6 is 0 Å². The summed E-state index contributed by atoms with van der Waals surface area (Å²) in [5.41, 5.74) is 3.99. The number of hydrogen-bond donors (Lipinski definition) is 1. The van der Waals surface area contributed by atoms with E-state index in [-0.39, 0.29) is 5.75 Å². The number of pyridine rings is 2. The lowest BCUT2D eigenvalue weighted by molar-refractivity contribution is 0.416. The number of nitrogens with one attached hydrogen (secondary N) is 1. The van der Waals surface area contributed by atoms with Gasteiger partial charge < -0.3 is 9.88 Å². The molecule has 8 heteroatoms. The van der Waals surface area contributed by atoms with Crippen LogP contribution in [0.4, 0.5) is 0 Å². The summed E-state index contributed by atoms with van der Waals surface area (Å²) >= 11 is 0. The van der Waals surface area contributed by atoms with Crippen LogP contribution in [0.25, 0.3) is 27.5 Å². The quantitative estimate of drug-likeness (QED) is 0.715. The average Bonchev–Trinajstić information content (AvgIpc) is 3.16. The highest BCUT2D eigenvalue weighted by Crippen LogP contribution is 2.31. The molecule has 0 atom stereocenters. The first-order valence-corrected chi connectivity index (χ1v) is 10.8. The average molecular weight is 393 g/mol. The van der Waals surface area contributed by atoms with Gasteiger partial charge in [0.1, 0.15) is 5.75 Å². The highest BCUT2D eigenvalue weighted by atomic mass is 32.2. The van der Waals surface area contributed by atoms with Gasteiger partial charge in [-0.25, -0.2) is 18.4 Å². The highest BCUT2D eigenvalue weighted by molar-refractivity contribution is 7.91. The SMILES string of the molecule is N#CCS(=O)(=O)CC=CN1CCC=C(c2cc[nH]c3cnc4nccc4c23)C1. The van der Waals surface area contributed by atoms with Crippen molar-refractivity contribution in [2.24, 2.45) is 0 Å². The zero-order valence-electron chi connectivity index (χ0n) is 15.2. The first-order valence-electron chi connectivity index (χ1n) is 8.96. The van der Waals surface area contributed by atoms with E-state index < -0.39 is 15.6 Å². The van der Waals surface area contributed by atoms with E-state index in [1.54, 1.807) is 24.5 Å². The van der Waals surface area contributed by atoms with Gasteiger partial charge in [0.25, 0.3) is 0 Å². The summed E-state index contributed by atoms with van der Waals surface area (Å²) in [7, 11) is -3.35. The lowest BCUT2D eigenvalue weighted by Crippen LogP contribution is -2.24. The predicted molar refractivity (Wildman–Crippen MR) is 109 cm³/mol. The normalized spacial score (nSPS) is 15.2. The fraction of sp³-hybridized carbons (Fsp3) is 0.250. The van der Waals surface area contributed by atoms with E-state index in [1.807, 2.05) is 18.5 Å². The molecule has 1 N–H and O–H groups in total. The molecular weight excluding hydrogens is 374 g/mol. The van der Waals surface area contributed by atoms with Gasteiger partial charge in [0.15, 0.2) is 15.5 Å². The first kappa shape index (κ1) is 18.2. The third-order valence-electron chi connectivity index (χ3n) is 4.77. The number of rotatable bonds is 5. The molecule has 0 saturated carbocycles. The van der Waals surface area contributed by atoms with Crippen molar-refractivity contribution in [3.63, 3.8) is 0 Å². The Morgan fingerprint density at radius 1 is 1.32 bits per heavy atom. The van der Waals surface area contributed by atoms with E-state index >= 15 is 0 Å². The van der Waals surface area contributed by atoms with Crippen molar-refractivity contribution in [3.8, 4) is 6.07 Å². The van der Waals surface area contributed by atoms with Gasteiger partial charge in [-0.2, -0.15) is 5.26 Å². The van der Waals surface area contributed by atoms with Gasteiger partial charge in [0, 0.05) is 36.3 Å². The Kier molecular flexibility index (Phi) is 4.84. The van der Waals surface area contributed by atoms with Crippen LogP contribution in [-0.2, 0) is 9.84 Å². The van der Waals surface area contributed by atoms with Crippen LogP contribution in [0, 0.1) is 11.3 Å². The maximum absolute atomic E-state index is 11.7. The number of nitrogens with zero attached hydrogens (tertiary/aromatic N) is 4. The van der Waals surface area contributed by atoms with Gasteiger partial charge in [-0.15, -0.1) is 0 Å². The second-order valence-electron chi connectivity index (χ2n) is 6.71. The molecule has 3 aromatic heterocycles. The third kappa shape index (κ3) is 3.62. The number of aromatic nitrogens is 3. The van der Waals surface area contributed by atoms with E-state index in [4.69, 9.17) is 5.26 Å². The van der Waals surface area contributed by atoms with Crippen molar-refractivity contribution in [2.45, 2.75) is 6.42 Å². The van der Waals surface area contributed by atoms with Gasteiger partial charge in [0.2, 0.25) is 0 Å². The second-order valence-corrected chi connectivity index (χ2v) is 8.82. The number of hydrogen-bond acceptors (Lipinski definition) is 6. The van der Waals surface area contributed by atoms with Crippen molar-refractivity contribution in [1.82, 2.24) is 19.9 Å². The lowest BCUT2D eigenvalue weighted by Gasteiger charge is -2.27. The molecule has 3 aromatic rings. The van der Waals surface area contributed by atoms with Crippen LogP contribution in [-0.4, -0.2) is 52.9 Å². The Bertz CT molecular complexity index is 1230. The molecule has 0 radical (unpaired) electrons. The Labute approximate surface area is 162 Å². The molecule has 0 spiro atoms. The summed E-state index contributed by atoms with van der Waals surface area (Å²) in [4.78, 5) is 14.0. The van der Waals surface area contributed by atoms with Crippen LogP contribution in [0.5, 0.6) is 0 Å². The van der Waals surface area contributed by atoms with Crippen LogP contribution < -0.4 is 0 Å². The van der Waals surface area contributed by atoms with E-state index in [0.29, 0.717) is 6.54 Å². The molecule has 0 unspecified atom stereocenters. The van der Waals surface area contributed by atoms with E-state index in [0.717, 1.165) is 40.5 Å². The Morgan fingerprint density at radius 3 is 3.07 bits per heavy atom. The molecule has 142 valence electrons. The summed E-state index contributed by atoms with van der Waals surface area (Å²) < 4.78 is 23.4. The maximum atomic E-state index is 11.7. The fourth-order valence-corrected chi connectivity index (χ4v) is 4.20. The fourth-order valence-electron chi connectivity index (χ4n) is 3.51. The monoisotopic (exact) mass is 393 g/mol. The molecule has 1 aliphatic heterocycles. The van der Waals surface area contributed by atoms with Crippen LogP contribution in [0.2, 0.25) is 0 Å². The minimum Gasteiger partial charge on any atom is -0.373 e. The maximum Gasteiger partial charge on any atom is 0.167 e. The number of sulfone groups is 1. The third-order valence-corrected chi connectivity index (χ3v) is 6.04. The largest absolute Gasteiger partial charge is 0.373 e. The lowest BCUT2D eigenvalue weighted by atomic mass is 9.97. The Balaban J connectivity index is 1.61. The molecule has 0 aliphatic carbocycles. The molecule has 1 aliphatic rings. The number of H-pyrrole nitrogens is 1. The van der Waals surface area contributed by atoms with Gasteiger partial charge in [-0.05, 0) is 35.9 Å². The van der Waals surface area contributed by atoms with Crippen molar-refractivity contribution >= 4 is 37.3 Å². The predicted octanol–water partition coefficient (Wildman–Crippen LogP) is 2.65. The molecule has 4 rings (SSSR count). The molecule has 0 bridgehead atoms. The summed E-state index contributed by atoms with van der Waals surface area (Å²) in [5.74, 6) is -0.572. The van der Waals surface area contributed by atoms with Crippen molar-refractivity contribution in [2.75, 3.05) is 24.6 Å². The Hall–Kier alpha value is -3.18. The summed E-state index contributed by atoms with van der Waals surface area (Å²) in [6, 6.07) is 5.73. The molecule has 0 saturated heterocycles. The van der Waals surface area contributed by atoms with Crippen molar-refractivity contribution in [3.05, 3.63) is 54.6 Å². The summed E-state index contributed by atoms with van der Waals surface area (Å²) in [6.07, 6.45) is 12.0. The molecule has 7 nitrogen and oxygen atoms in total. The van der Waals surface area contributed by atoms with E-state index in [9.17, 15) is 8.42 Å². The summed E-state index contributed by atoms with van der Waals surface area (Å²) in [6.45, 7) is 1.51. The smallest absolute Gasteiger partial charge is 0.167 e. The molecule has 0 amide bonds. The topological polar surface area (TPSA) is 103 Å². The van der Waals surface area contributed by atoms with Gasteiger partial charge in [0.05, 0.1) is 23.5 Å². The summed E-state index contributed by atoms with van der Waals surface area (Å²) in [5, 5.41) is 10.7. The molecular formula is C20H19N5O2S. The van der Waals surface area contributed by atoms with Gasteiger partial charge in [-0.1, -0.05) is 12.2 Å². The molecule has 0 fully saturated rings. The van der Waals surface area contributed by atoms with Gasteiger partial charge in [-0.3, -0.25) is 0 Å². The van der Waals surface area contributed by atoms with Crippen molar-refractivity contribution in [1.29, 1.82) is 5.26 Å². The Morgan fingerprint density at radius 2 is 2.21 bits per heavy atom. The number of fused-ring (bicyclic) bond motifs is 3. The zero-order chi connectivity index (χ0) is 19.6. The van der Waals surface area contributed by atoms with Crippen LogP contribution in [0.15, 0.2) is 49.1 Å². The molecule has 28 heavy (non-hydrogen) atoms. The first-order chi connectivity index (χ1) is 13.6. The van der Waals surface area contributed by atoms with E-state index in [2.05, 4.69) is 32.0 Å².